The Hall–Kier alpha value is -0.540. The van der Waals surface area contributed by atoms with Gasteiger partial charge in [-0.1, -0.05) is 48.2 Å². The molecule has 0 radical (unpaired) electrons. The summed E-state index contributed by atoms with van der Waals surface area (Å²) in [5.41, 5.74) is 3.83. The van der Waals surface area contributed by atoms with Crippen LogP contribution in [0.1, 0.15) is 43.7 Å². The van der Waals surface area contributed by atoms with E-state index < -0.39 is 0 Å². The van der Waals surface area contributed by atoms with Crippen molar-refractivity contribution in [2.45, 2.75) is 38.1 Å². The van der Waals surface area contributed by atoms with E-state index >= 15 is 0 Å². The third-order valence-electron chi connectivity index (χ3n) is 2.94. The van der Waals surface area contributed by atoms with Gasteiger partial charge in [-0.25, -0.2) is 0 Å². The van der Waals surface area contributed by atoms with Crippen molar-refractivity contribution in [2.75, 3.05) is 0 Å². The lowest BCUT2D eigenvalue weighted by Gasteiger charge is -2.17. The first kappa shape index (κ1) is 15.5. The van der Waals surface area contributed by atoms with Crippen LogP contribution in [0.15, 0.2) is 30.9 Å². The summed E-state index contributed by atoms with van der Waals surface area (Å²) in [6.07, 6.45) is 7.46. The van der Waals surface area contributed by atoms with Gasteiger partial charge in [0.15, 0.2) is 0 Å². The number of hydrogen-bond acceptors (Lipinski definition) is 2. The van der Waals surface area contributed by atoms with Crippen LogP contribution >= 0.6 is 23.2 Å². The third kappa shape index (κ3) is 4.99. The van der Waals surface area contributed by atoms with Crippen LogP contribution in [-0.4, -0.2) is 0 Å². The summed E-state index contributed by atoms with van der Waals surface area (Å²) in [4.78, 5) is 0. The van der Waals surface area contributed by atoms with E-state index in [9.17, 15) is 0 Å². The first-order valence-corrected chi connectivity index (χ1v) is 6.96. The van der Waals surface area contributed by atoms with E-state index in [2.05, 4.69) is 12.0 Å². The lowest BCUT2D eigenvalue weighted by atomic mass is 10.0. The van der Waals surface area contributed by atoms with E-state index in [0.29, 0.717) is 10.0 Å². The lowest BCUT2D eigenvalue weighted by Crippen LogP contribution is -2.28. The van der Waals surface area contributed by atoms with Gasteiger partial charge in [-0.15, -0.1) is 6.58 Å². The molecule has 18 heavy (non-hydrogen) atoms. The molecular weight excluding hydrogens is 267 g/mol. The monoisotopic (exact) mass is 286 g/mol. The molecule has 0 saturated carbocycles. The second-order valence-corrected chi connectivity index (χ2v) is 5.16. The summed E-state index contributed by atoms with van der Waals surface area (Å²) in [5.74, 6) is 5.59. The molecule has 0 aliphatic heterocycles. The van der Waals surface area contributed by atoms with Gasteiger partial charge in [0.2, 0.25) is 0 Å². The topological polar surface area (TPSA) is 38.0 Å². The standard InChI is InChI=1S/C14H20Cl2N2/c1-2-3-4-5-6-7-14(18-17)12-9-8-11(15)10-13(12)16/h2,8-10,14,18H,1,3-7,17H2. The fourth-order valence-electron chi connectivity index (χ4n) is 1.93. The molecule has 0 bridgehead atoms. The van der Waals surface area contributed by atoms with Crippen LogP contribution in [0.4, 0.5) is 0 Å². The van der Waals surface area contributed by atoms with Gasteiger partial charge in [-0.3, -0.25) is 11.3 Å². The maximum atomic E-state index is 6.17. The molecule has 0 heterocycles. The van der Waals surface area contributed by atoms with Gasteiger partial charge < -0.3 is 0 Å². The molecule has 2 nitrogen and oxygen atoms in total. The Kier molecular flexibility index (Phi) is 7.36. The second-order valence-electron chi connectivity index (χ2n) is 4.31. The molecule has 0 saturated heterocycles. The predicted molar refractivity (Wildman–Crippen MR) is 79.8 cm³/mol. The molecule has 0 fully saturated rings. The Morgan fingerprint density at radius 3 is 2.67 bits per heavy atom. The van der Waals surface area contributed by atoms with E-state index in [0.717, 1.165) is 24.8 Å². The summed E-state index contributed by atoms with van der Waals surface area (Å²) in [6.45, 7) is 3.71. The molecule has 3 N–H and O–H groups in total. The smallest absolute Gasteiger partial charge is 0.0474 e. The first-order valence-electron chi connectivity index (χ1n) is 6.21. The fourth-order valence-corrected chi connectivity index (χ4v) is 2.47. The van der Waals surface area contributed by atoms with Crippen LogP contribution < -0.4 is 11.3 Å². The molecular formula is C14H20Cl2N2. The SMILES string of the molecule is C=CCCCCCC(NN)c1ccc(Cl)cc1Cl. The zero-order valence-electron chi connectivity index (χ0n) is 10.5. The molecule has 1 aromatic rings. The highest BCUT2D eigenvalue weighted by Gasteiger charge is 2.13. The molecule has 100 valence electrons. The Labute approximate surface area is 119 Å². The highest BCUT2D eigenvalue weighted by atomic mass is 35.5. The molecule has 1 atom stereocenters. The Morgan fingerprint density at radius 2 is 2.06 bits per heavy atom. The zero-order chi connectivity index (χ0) is 13.4. The quantitative estimate of drug-likeness (QED) is 0.316. The van der Waals surface area contributed by atoms with Crippen molar-refractivity contribution in [3.63, 3.8) is 0 Å². The number of allylic oxidation sites excluding steroid dienone is 1. The Morgan fingerprint density at radius 1 is 1.28 bits per heavy atom. The van der Waals surface area contributed by atoms with E-state index in [1.165, 1.54) is 12.8 Å². The van der Waals surface area contributed by atoms with Crippen LogP contribution in [0.2, 0.25) is 10.0 Å². The number of nitrogens with one attached hydrogen (secondary N) is 1. The van der Waals surface area contributed by atoms with E-state index in [1.807, 2.05) is 18.2 Å². The molecule has 0 spiro atoms. The largest absolute Gasteiger partial charge is 0.271 e. The fraction of sp³-hybridized carbons (Fsp3) is 0.429. The number of benzene rings is 1. The van der Waals surface area contributed by atoms with Crippen molar-refractivity contribution < 1.29 is 0 Å². The van der Waals surface area contributed by atoms with Crippen LogP contribution in [-0.2, 0) is 0 Å². The first-order chi connectivity index (χ1) is 8.69. The van der Waals surface area contributed by atoms with Gasteiger partial charge in [0, 0.05) is 16.1 Å². The lowest BCUT2D eigenvalue weighted by molar-refractivity contribution is 0.484. The van der Waals surface area contributed by atoms with Crippen molar-refractivity contribution in [3.8, 4) is 0 Å². The summed E-state index contributed by atoms with van der Waals surface area (Å²) < 4.78 is 0. The van der Waals surface area contributed by atoms with Gasteiger partial charge in [-0.2, -0.15) is 0 Å². The minimum atomic E-state index is 0.0819. The number of hydrazine groups is 1. The zero-order valence-corrected chi connectivity index (χ0v) is 12.0. The van der Waals surface area contributed by atoms with Crippen molar-refractivity contribution >= 4 is 23.2 Å². The Balaban J connectivity index is 2.52. The van der Waals surface area contributed by atoms with E-state index in [-0.39, 0.29) is 6.04 Å². The second kappa shape index (κ2) is 8.54. The van der Waals surface area contributed by atoms with Gasteiger partial charge in [0.05, 0.1) is 0 Å². The molecule has 4 heteroatoms. The van der Waals surface area contributed by atoms with Crippen molar-refractivity contribution in [1.29, 1.82) is 0 Å². The molecule has 1 aromatic carbocycles. The number of halogens is 2. The average molecular weight is 287 g/mol. The summed E-state index contributed by atoms with van der Waals surface area (Å²) in [7, 11) is 0. The highest BCUT2D eigenvalue weighted by molar-refractivity contribution is 6.35. The maximum absolute atomic E-state index is 6.17. The summed E-state index contributed by atoms with van der Waals surface area (Å²) in [6, 6.07) is 5.60. The van der Waals surface area contributed by atoms with Crippen LogP contribution in [0, 0.1) is 0 Å². The highest BCUT2D eigenvalue weighted by Crippen LogP contribution is 2.28. The van der Waals surface area contributed by atoms with Crippen LogP contribution in [0.25, 0.3) is 0 Å². The minimum absolute atomic E-state index is 0.0819. The van der Waals surface area contributed by atoms with Gasteiger partial charge >= 0.3 is 0 Å². The summed E-state index contributed by atoms with van der Waals surface area (Å²) in [5, 5.41) is 1.31. The minimum Gasteiger partial charge on any atom is -0.271 e. The number of unbranched alkanes of at least 4 members (excludes halogenated alkanes) is 3. The molecule has 1 rings (SSSR count). The van der Waals surface area contributed by atoms with Crippen molar-refractivity contribution in [1.82, 2.24) is 5.43 Å². The van der Waals surface area contributed by atoms with Crippen molar-refractivity contribution in [2.24, 2.45) is 5.84 Å². The van der Waals surface area contributed by atoms with E-state index in [4.69, 9.17) is 29.0 Å². The maximum Gasteiger partial charge on any atom is 0.0474 e. The third-order valence-corrected chi connectivity index (χ3v) is 3.50. The molecule has 1 unspecified atom stereocenters. The average Bonchev–Trinajstić information content (AvgIpc) is 2.35. The number of nitrogens with two attached hydrogens (primary N) is 1. The molecule has 0 aliphatic carbocycles. The van der Waals surface area contributed by atoms with Crippen LogP contribution in [0.5, 0.6) is 0 Å². The number of rotatable bonds is 8. The van der Waals surface area contributed by atoms with Gasteiger partial charge in [0.1, 0.15) is 0 Å². The predicted octanol–water partition coefficient (Wildman–Crippen LogP) is 4.63. The van der Waals surface area contributed by atoms with Crippen molar-refractivity contribution in [3.05, 3.63) is 46.5 Å². The Bertz CT molecular complexity index is 380. The summed E-state index contributed by atoms with van der Waals surface area (Å²) >= 11 is 12.1. The molecule has 0 aliphatic rings. The number of hydrogen-bond donors (Lipinski definition) is 2. The van der Waals surface area contributed by atoms with E-state index in [1.54, 1.807) is 6.07 Å². The van der Waals surface area contributed by atoms with Crippen LogP contribution in [0.3, 0.4) is 0 Å². The van der Waals surface area contributed by atoms with Gasteiger partial charge in [-0.05, 0) is 37.0 Å². The van der Waals surface area contributed by atoms with Gasteiger partial charge in [0.25, 0.3) is 0 Å². The molecule has 0 amide bonds. The molecule has 0 aromatic heterocycles. The normalized spacial score (nSPS) is 12.4.